The molecule has 1 aromatic rings. The molecule has 0 aliphatic carbocycles. The first kappa shape index (κ1) is 11.0. The van der Waals surface area contributed by atoms with Crippen LogP contribution in [-0.4, -0.2) is 0 Å². The Morgan fingerprint density at radius 3 is 2.17 bits per heavy atom. The monoisotopic (exact) mass is 392 g/mol. The standard InChI is InChI=1S/C7H7O.3ClH.Hf/c8-6-7-4-2-1-3-5-7;;;;/h1-5H,6H2;3*1H;/q-1;;;;+4/p-3. The second kappa shape index (κ2) is 4.97. The molecule has 0 saturated heterocycles. The fourth-order valence-electron chi connectivity index (χ4n) is 0.739. The molecule has 0 saturated carbocycles. The van der Waals surface area contributed by atoms with E-state index in [1.54, 1.807) is 0 Å². The van der Waals surface area contributed by atoms with Crippen molar-refractivity contribution in [2.24, 2.45) is 0 Å². The average molecular weight is 392 g/mol. The van der Waals surface area contributed by atoms with Gasteiger partial charge in [0, 0.05) is 0 Å². The Bertz CT molecular complexity index is 234. The topological polar surface area (TPSA) is 9.23 Å². The van der Waals surface area contributed by atoms with Gasteiger partial charge in [-0.1, -0.05) is 0 Å². The van der Waals surface area contributed by atoms with Gasteiger partial charge in [0.2, 0.25) is 0 Å². The molecule has 0 N–H and O–H groups in total. The Labute approximate surface area is 87.2 Å². The molecule has 0 fully saturated rings. The third-order valence-corrected chi connectivity index (χ3v) is 5.62. The second-order valence-corrected chi connectivity index (χ2v) is 24.3. The van der Waals surface area contributed by atoms with Gasteiger partial charge in [0.05, 0.1) is 0 Å². The zero-order valence-corrected chi connectivity index (χ0v) is 12.0. The molecule has 0 radical (unpaired) electrons. The van der Waals surface area contributed by atoms with Crippen LogP contribution >= 0.6 is 25.7 Å². The van der Waals surface area contributed by atoms with Crippen LogP contribution in [0.4, 0.5) is 0 Å². The zero-order chi connectivity index (χ0) is 9.03. The number of benzene rings is 1. The molecule has 1 nitrogen and oxygen atoms in total. The van der Waals surface area contributed by atoms with Gasteiger partial charge in [-0.15, -0.1) is 0 Å². The normalized spacial score (nSPS) is 11.6. The van der Waals surface area contributed by atoms with E-state index in [2.05, 4.69) is 0 Å². The van der Waals surface area contributed by atoms with Crippen molar-refractivity contribution in [3.8, 4) is 0 Å². The molecule has 12 heavy (non-hydrogen) atoms. The molecule has 0 unspecified atom stereocenters. The summed E-state index contributed by atoms with van der Waals surface area (Å²) in [6, 6.07) is 9.65. The van der Waals surface area contributed by atoms with E-state index in [0.29, 0.717) is 6.61 Å². The molecule has 0 heterocycles. The van der Waals surface area contributed by atoms with Crippen LogP contribution in [0.3, 0.4) is 0 Å². The fraction of sp³-hybridized carbons (Fsp3) is 0.143. The van der Waals surface area contributed by atoms with Gasteiger partial charge in [0.15, 0.2) is 0 Å². The molecule has 0 amide bonds. The van der Waals surface area contributed by atoms with Gasteiger partial charge in [-0.25, -0.2) is 0 Å². The van der Waals surface area contributed by atoms with Gasteiger partial charge in [-0.2, -0.15) is 0 Å². The van der Waals surface area contributed by atoms with Crippen molar-refractivity contribution in [1.82, 2.24) is 0 Å². The van der Waals surface area contributed by atoms with Crippen molar-refractivity contribution >= 4 is 25.7 Å². The first-order valence-corrected chi connectivity index (χ1v) is 18.1. The molecule has 0 spiro atoms. The molecule has 0 aliphatic heterocycles. The van der Waals surface area contributed by atoms with Crippen LogP contribution in [-0.2, 0) is 26.3 Å². The summed E-state index contributed by atoms with van der Waals surface area (Å²) < 4.78 is 5.13. The van der Waals surface area contributed by atoms with Gasteiger partial charge in [-0.3, -0.25) is 0 Å². The van der Waals surface area contributed by atoms with E-state index in [9.17, 15) is 0 Å². The van der Waals surface area contributed by atoms with E-state index in [0.717, 1.165) is 5.56 Å². The van der Waals surface area contributed by atoms with Crippen LogP contribution in [0.2, 0.25) is 0 Å². The number of hydrogen-bond acceptors (Lipinski definition) is 1. The van der Waals surface area contributed by atoms with E-state index < -0.39 is 16.9 Å². The Morgan fingerprint density at radius 2 is 1.67 bits per heavy atom. The van der Waals surface area contributed by atoms with Crippen LogP contribution in [0.15, 0.2) is 30.3 Å². The van der Waals surface area contributed by atoms with Crippen LogP contribution in [0.5, 0.6) is 0 Å². The molecule has 66 valence electrons. The van der Waals surface area contributed by atoms with Crippen molar-refractivity contribution < 1.29 is 19.7 Å². The Kier molecular flexibility index (Phi) is 4.55. The molecule has 5 heteroatoms. The average Bonchev–Trinajstić information content (AvgIpc) is 2.02. The quantitative estimate of drug-likeness (QED) is 0.713. The summed E-state index contributed by atoms with van der Waals surface area (Å²) in [5.74, 6) is 0. The molecule has 0 aromatic heterocycles. The van der Waals surface area contributed by atoms with Crippen molar-refractivity contribution in [3.63, 3.8) is 0 Å². The molecule has 0 aliphatic rings. The SMILES string of the molecule is [Cl][Hf]([Cl])([Cl])[O]Cc1ccccc1. The zero-order valence-electron chi connectivity index (χ0n) is 6.14. The summed E-state index contributed by atoms with van der Waals surface area (Å²) in [5.41, 5.74) is 1.03. The third kappa shape index (κ3) is 4.83. The van der Waals surface area contributed by atoms with E-state index in [4.69, 9.17) is 28.6 Å². The minimum atomic E-state index is -3.70. The summed E-state index contributed by atoms with van der Waals surface area (Å²) in [6.07, 6.45) is 0. The van der Waals surface area contributed by atoms with Gasteiger partial charge >= 0.3 is 87.9 Å². The number of rotatable bonds is 3. The number of hydrogen-bond donors (Lipinski definition) is 0. The number of halogens is 3. The van der Waals surface area contributed by atoms with E-state index >= 15 is 0 Å². The van der Waals surface area contributed by atoms with Crippen LogP contribution < -0.4 is 0 Å². The van der Waals surface area contributed by atoms with Gasteiger partial charge in [-0.05, 0) is 0 Å². The van der Waals surface area contributed by atoms with Crippen LogP contribution in [0.1, 0.15) is 5.56 Å². The van der Waals surface area contributed by atoms with E-state index in [-0.39, 0.29) is 0 Å². The van der Waals surface area contributed by atoms with Gasteiger partial charge in [0.1, 0.15) is 0 Å². The van der Waals surface area contributed by atoms with Gasteiger partial charge < -0.3 is 0 Å². The Hall–Kier alpha value is 0.920. The van der Waals surface area contributed by atoms with Crippen LogP contribution in [0, 0.1) is 0 Å². The summed E-state index contributed by atoms with van der Waals surface area (Å²) in [7, 11) is 16.8. The molecule has 1 aromatic carbocycles. The summed E-state index contributed by atoms with van der Waals surface area (Å²) in [6.45, 7) is 0.402. The van der Waals surface area contributed by atoms with Crippen molar-refractivity contribution in [2.45, 2.75) is 6.61 Å². The predicted octanol–water partition coefficient (Wildman–Crippen LogP) is 3.73. The molecular formula is C7H7Cl3HfO. The van der Waals surface area contributed by atoms with E-state index in [1.165, 1.54) is 0 Å². The first-order valence-electron chi connectivity index (χ1n) is 3.32. The summed E-state index contributed by atoms with van der Waals surface area (Å²) >= 11 is -3.70. The Morgan fingerprint density at radius 1 is 1.08 bits per heavy atom. The predicted molar refractivity (Wildman–Crippen MR) is 48.8 cm³/mol. The maximum absolute atomic E-state index is 5.61. The molecule has 0 bridgehead atoms. The minimum absolute atomic E-state index is 0.402. The molecule has 1 rings (SSSR count). The fourth-order valence-corrected chi connectivity index (χ4v) is 3.27. The van der Waals surface area contributed by atoms with Crippen molar-refractivity contribution in [1.29, 1.82) is 0 Å². The van der Waals surface area contributed by atoms with Crippen LogP contribution in [0.25, 0.3) is 0 Å². The second-order valence-electron chi connectivity index (χ2n) is 2.22. The first-order chi connectivity index (χ1) is 5.58. The summed E-state index contributed by atoms with van der Waals surface area (Å²) in [4.78, 5) is 0. The van der Waals surface area contributed by atoms with Gasteiger partial charge in [0.25, 0.3) is 0 Å². The summed E-state index contributed by atoms with van der Waals surface area (Å²) in [5, 5.41) is 0. The molecular weight excluding hydrogens is 385 g/mol. The maximum atomic E-state index is 5.61. The van der Waals surface area contributed by atoms with Crippen molar-refractivity contribution in [3.05, 3.63) is 35.9 Å². The van der Waals surface area contributed by atoms with E-state index in [1.807, 2.05) is 30.3 Å². The Balaban J connectivity index is 2.44. The molecule has 0 atom stereocenters. The van der Waals surface area contributed by atoms with Crippen molar-refractivity contribution in [2.75, 3.05) is 0 Å². The third-order valence-electron chi connectivity index (χ3n) is 1.25.